The third-order valence-corrected chi connectivity index (χ3v) is 5.25. The second-order valence-corrected chi connectivity index (χ2v) is 7.14. The third kappa shape index (κ3) is 2.98. The van der Waals surface area contributed by atoms with Gasteiger partial charge >= 0.3 is 0 Å². The van der Waals surface area contributed by atoms with E-state index in [1.54, 1.807) is 0 Å². The highest BCUT2D eigenvalue weighted by Crippen LogP contribution is 2.34. The topological polar surface area (TPSA) is 51.2 Å². The molecule has 1 aromatic rings. The van der Waals surface area contributed by atoms with Gasteiger partial charge in [0.05, 0.1) is 11.5 Å². The lowest BCUT2D eigenvalue weighted by Gasteiger charge is -2.02. The smallest absolute Gasteiger partial charge is 0.159 e. The van der Waals surface area contributed by atoms with Gasteiger partial charge in [0.15, 0.2) is 15.6 Å². The van der Waals surface area contributed by atoms with E-state index in [2.05, 4.69) is 0 Å². The summed E-state index contributed by atoms with van der Waals surface area (Å²) in [5.74, 6) is -0.275. The zero-order valence-corrected chi connectivity index (χ0v) is 11.0. The van der Waals surface area contributed by atoms with E-state index >= 15 is 0 Å². The van der Waals surface area contributed by atoms with E-state index in [9.17, 15) is 13.2 Å². The number of hydrogen-bond acceptors (Lipinski definition) is 4. The second-order valence-electron chi connectivity index (χ2n) is 3.91. The molecule has 0 saturated heterocycles. The van der Waals surface area contributed by atoms with Gasteiger partial charge in [-0.2, -0.15) is 0 Å². The van der Waals surface area contributed by atoms with Crippen molar-refractivity contribution in [2.45, 2.75) is 11.8 Å². The molecule has 0 aromatic heterocycles. The van der Waals surface area contributed by atoms with Crippen LogP contribution in [0.2, 0.25) is 0 Å². The molecule has 0 amide bonds. The molecule has 0 bridgehead atoms. The first-order chi connectivity index (χ1) is 7.98. The summed E-state index contributed by atoms with van der Waals surface area (Å²) in [5, 5.41) is 0. The molecule has 5 heteroatoms. The first kappa shape index (κ1) is 12.4. The molecule has 0 fully saturated rings. The maximum atomic E-state index is 11.5. The van der Waals surface area contributed by atoms with Gasteiger partial charge in [0.25, 0.3) is 0 Å². The minimum absolute atomic E-state index is 0.0124. The lowest BCUT2D eigenvalue weighted by molar-refractivity contribution is -0.113. The summed E-state index contributed by atoms with van der Waals surface area (Å²) in [5.41, 5.74) is 0.443. The molecule has 17 heavy (non-hydrogen) atoms. The van der Waals surface area contributed by atoms with Gasteiger partial charge in [0.2, 0.25) is 0 Å². The number of carbonyl (C=O) groups is 1. The van der Waals surface area contributed by atoms with Gasteiger partial charge in [0.1, 0.15) is 0 Å². The summed E-state index contributed by atoms with van der Waals surface area (Å²) in [6.45, 7) is 1.42. The molecule has 90 valence electrons. The quantitative estimate of drug-likeness (QED) is 0.842. The highest BCUT2D eigenvalue weighted by molar-refractivity contribution is 8.05. The van der Waals surface area contributed by atoms with Crippen molar-refractivity contribution in [1.29, 1.82) is 0 Å². The van der Waals surface area contributed by atoms with Crippen LogP contribution < -0.4 is 0 Å². The van der Waals surface area contributed by atoms with E-state index in [0.717, 1.165) is 4.90 Å². The van der Waals surface area contributed by atoms with Crippen molar-refractivity contribution < 1.29 is 13.2 Å². The summed E-state index contributed by atoms with van der Waals surface area (Å²) in [6.07, 6.45) is 0. The maximum Gasteiger partial charge on any atom is 0.159 e. The van der Waals surface area contributed by atoms with Crippen LogP contribution in [0, 0.1) is 0 Å². The summed E-state index contributed by atoms with van der Waals surface area (Å²) in [6, 6.07) is 9.48. The minimum atomic E-state index is -3.13. The Labute approximate surface area is 105 Å². The fourth-order valence-corrected chi connectivity index (χ4v) is 4.93. The van der Waals surface area contributed by atoms with Crippen LogP contribution in [-0.4, -0.2) is 25.7 Å². The molecule has 0 aliphatic carbocycles. The number of rotatable bonds is 3. The molecule has 2 rings (SSSR count). The molecule has 0 saturated carbocycles. The summed E-state index contributed by atoms with van der Waals surface area (Å²) in [7, 11) is -3.13. The number of hydrogen-bond donors (Lipinski definition) is 0. The zero-order chi connectivity index (χ0) is 12.5. The molecule has 0 N–H and O–H groups in total. The fourth-order valence-electron chi connectivity index (χ4n) is 1.66. The van der Waals surface area contributed by atoms with Crippen molar-refractivity contribution >= 4 is 27.4 Å². The van der Waals surface area contributed by atoms with Crippen molar-refractivity contribution in [2.24, 2.45) is 0 Å². The zero-order valence-electron chi connectivity index (χ0n) is 9.34. The van der Waals surface area contributed by atoms with Gasteiger partial charge in [-0.25, -0.2) is 8.42 Å². The maximum absolute atomic E-state index is 11.5. The Hall–Kier alpha value is -1.07. The van der Waals surface area contributed by atoms with Crippen LogP contribution in [0.5, 0.6) is 0 Å². The van der Waals surface area contributed by atoms with Gasteiger partial charge in [0, 0.05) is 15.4 Å². The molecule has 0 spiro atoms. The molecule has 1 aliphatic rings. The highest BCUT2D eigenvalue weighted by Gasteiger charge is 2.30. The van der Waals surface area contributed by atoms with E-state index in [1.807, 2.05) is 30.3 Å². The van der Waals surface area contributed by atoms with Gasteiger partial charge in [-0.05, 0) is 19.1 Å². The van der Waals surface area contributed by atoms with Crippen LogP contribution >= 0.6 is 11.8 Å². The van der Waals surface area contributed by atoms with Crippen LogP contribution in [0.4, 0.5) is 0 Å². The van der Waals surface area contributed by atoms with Crippen LogP contribution in [0.15, 0.2) is 45.7 Å². The molecule has 1 aliphatic heterocycles. The number of sulfone groups is 1. The average Bonchev–Trinajstić information content (AvgIpc) is 2.55. The van der Waals surface area contributed by atoms with Crippen LogP contribution in [0.25, 0.3) is 0 Å². The number of ketones is 1. The monoisotopic (exact) mass is 268 g/mol. The molecule has 3 nitrogen and oxygen atoms in total. The van der Waals surface area contributed by atoms with Crippen molar-refractivity contribution in [2.75, 3.05) is 11.5 Å². The molecular weight excluding hydrogens is 256 g/mol. The Morgan fingerprint density at radius 1 is 1.18 bits per heavy atom. The largest absolute Gasteiger partial charge is 0.295 e. The molecule has 0 radical (unpaired) electrons. The number of thioether (sulfide) groups is 1. The number of Topliss-reactive ketones (excluding diaryl/α,β-unsaturated/α-hetero) is 1. The van der Waals surface area contributed by atoms with Gasteiger partial charge < -0.3 is 0 Å². The SMILES string of the molecule is CC(=O)C1=C(Sc2ccccc2)CS(=O)(=O)C1. The van der Waals surface area contributed by atoms with Crippen molar-refractivity contribution in [3.8, 4) is 0 Å². The molecule has 1 aromatic carbocycles. The van der Waals surface area contributed by atoms with E-state index in [4.69, 9.17) is 0 Å². The molecule has 1 heterocycles. The predicted molar refractivity (Wildman–Crippen MR) is 68.7 cm³/mol. The Morgan fingerprint density at radius 2 is 1.82 bits per heavy atom. The minimum Gasteiger partial charge on any atom is -0.295 e. The Kier molecular flexibility index (Phi) is 3.40. The van der Waals surface area contributed by atoms with Crippen LogP contribution in [-0.2, 0) is 14.6 Å². The fraction of sp³-hybridized carbons (Fsp3) is 0.250. The number of benzene rings is 1. The Morgan fingerprint density at radius 3 is 2.41 bits per heavy atom. The van der Waals surface area contributed by atoms with Crippen molar-refractivity contribution in [1.82, 2.24) is 0 Å². The Balaban J connectivity index is 2.30. The second kappa shape index (κ2) is 4.66. The first-order valence-electron chi connectivity index (χ1n) is 5.14. The normalized spacial score (nSPS) is 18.4. The molecule has 0 atom stereocenters. The van der Waals surface area contributed by atoms with Gasteiger partial charge in [-0.1, -0.05) is 30.0 Å². The van der Waals surface area contributed by atoms with Gasteiger partial charge in [-0.3, -0.25) is 4.79 Å². The van der Waals surface area contributed by atoms with Gasteiger partial charge in [-0.15, -0.1) is 0 Å². The van der Waals surface area contributed by atoms with Crippen molar-refractivity contribution in [3.05, 3.63) is 40.8 Å². The molecule has 0 unspecified atom stereocenters. The lowest BCUT2D eigenvalue weighted by Crippen LogP contribution is -2.06. The standard InChI is InChI=1S/C12H12O3S2/c1-9(13)11-7-17(14,15)8-12(11)16-10-5-3-2-4-6-10/h2-6H,7-8H2,1H3. The van der Waals surface area contributed by atoms with E-state index in [-0.39, 0.29) is 17.3 Å². The van der Waals surface area contributed by atoms with E-state index in [0.29, 0.717) is 10.5 Å². The summed E-state index contributed by atoms with van der Waals surface area (Å²) in [4.78, 5) is 13.0. The van der Waals surface area contributed by atoms with E-state index in [1.165, 1.54) is 18.7 Å². The van der Waals surface area contributed by atoms with E-state index < -0.39 is 9.84 Å². The number of carbonyl (C=O) groups excluding carboxylic acids is 1. The third-order valence-electron chi connectivity index (χ3n) is 2.46. The highest BCUT2D eigenvalue weighted by atomic mass is 32.2. The van der Waals surface area contributed by atoms with Crippen LogP contribution in [0.1, 0.15) is 6.92 Å². The summed E-state index contributed by atoms with van der Waals surface area (Å²) < 4.78 is 23.1. The molecular formula is C12H12O3S2. The average molecular weight is 268 g/mol. The first-order valence-corrected chi connectivity index (χ1v) is 7.78. The predicted octanol–water partition coefficient (Wildman–Crippen LogP) is 2.05. The van der Waals surface area contributed by atoms with Crippen molar-refractivity contribution in [3.63, 3.8) is 0 Å². The summed E-state index contributed by atoms with van der Waals surface area (Å²) >= 11 is 1.37. The van der Waals surface area contributed by atoms with Crippen LogP contribution in [0.3, 0.4) is 0 Å². The Bertz CT molecular complexity index is 571. The lowest BCUT2D eigenvalue weighted by atomic mass is 10.2.